The molecule has 1 aliphatic rings. The van der Waals surface area contributed by atoms with Gasteiger partial charge in [-0.2, -0.15) is 0 Å². The number of carbonyl (C=O) groups excluding carboxylic acids is 1. The minimum atomic E-state index is -2.94. The second kappa shape index (κ2) is 7.96. The Balaban J connectivity index is 0.00000289. The van der Waals surface area contributed by atoms with E-state index in [0.29, 0.717) is 25.9 Å². The molecule has 1 amide bonds. The van der Waals surface area contributed by atoms with Crippen LogP contribution in [-0.2, 0) is 14.6 Å². The van der Waals surface area contributed by atoms with Gasteiger partial charge in [0, 0.05) is 25.6 Å². The van der Waals surface area contributed by atoms with Gasteiger partial charge >= 0.3 is 0 Å². The number of halogens is 1. The van der Waals surface area contributed by atoms with Crippen molar-refractivity contribution in [1.29, 1.82) is 0 Å². The summed E-state index contributed by atoms with van der Waals surface area (Å²) in [5, 5.41) is 0. The van der Waals surface area contributed by atoms with Gasteiger partial charge in [-0.05, 0) is 12.8 Å². The largest absolute Gasteiger partial charge is 0.339 e. The third-order valence-corrected chi connectivity index (χ3v) is 4.83. The molecule has 2 N–H and O–H groups in total. The van der Waals surface area contributed by atoms with Gasteiger partial charge < -0.3 is 10.6 Å². The average Bonchev–Trinajstić information content (AvgIpc) is 2.60. The predicted octanol–water partition coefficient (Wildman–Crippen LogP) is 0.573. The first kappa shape index (κ1) is 17.7. The van der Waals surface area contributed by atoms with E-state index in [9.17, 15) is 13.2 Å². The summed E-state index contributed by atoms with van der Waals surface area (Å²) < 4.78 is 22.9. The third kappa shape index (κ3) is 5.12. The number of carbonyl (C=O) groups is 1. The van der Waals surface area contributed by atoms with Crippen LogP contribution in [0.2, 0.25) is 0 Å². The average molecular weight is 299 g/mol. The smallest absolute Gasteiger partial charge is 0.224 e. The summed E-state index contributed by atoms with van der Waals surface area (Å²) in [7, 11) is -2.94. The summed E-state index contributed by atoms with van der Waals surface area (Å²) in [5.74, 6) is 0.312. The lowest BCUT2D eigenvalue weighted by Gasteiger charge is -2.28. The molecule has 5 nitrogen and oxygen atoms in total. The Bertz CT molecular complexity index is 359. The van der Waals surface area contributed by atoms with Crippen molar-refractivity contribution < 1.29 is 13.2 Å². The van der Waals surface area contributed by atoms with Crippen LogP contribution < -0.4 is 5.73 Å². The molecule has 0 spiro atoms. The number of hydrogen-bond acceptors (Lipinski definition) is 4. The maximum Gasteiger partial charge on any atom is 0.224 e. The van der Waals surface area contributed by atoms with Crippen molar-refractivity contribution in [2.75, 3.05) is 24.6 Å². The van der Waals surface area contributed by atoms with Crippen molar-refractivity contribution >= 4 is 28.2 Å². The Labute approximate surface area is 115 Å². The fourth-order valence-electron chi connectivity index (χ4n) is 2.13. The molecule has 1 heterocycles. The van der Waals surface area contributed by atoms with E-state index < -0.39 is 9.84 Å². The highest BCUT2D eigenvalue weighted by molar-refractivity contribution is 7.91. The van der Waals surface area contributed by atoms with Gasteiger partial charge in [0.15, 0.2) is 9.84 Å². The zero-order chi connectivity index (χ0) is 12.9. The monoisotopic (exact) mass is 298 g/mol. The van der Waals surface area contributed by atoms with Crippen molar-refractivity contribution in [2.24, 2.45) is 5.73 Å². The van der Waals surface area contributed by atoms with Gasteiger partial charge in [0.1, 0.15) is 0 Å². The number of sulfone groups is 1. The van der Waals surface area contributed by atoms with Crippen LogP contribution in [0.4, 0.5) is 0 Å². The van der Waals surface area contributed by atoms with Gasteiger partial charge in [0.25, 0.3) is 0 Å². The standard InChI is InChI=1S/C11H22N2O3S.ClH/c1-2-3-7-13(11(14)4-6-12)10-5-8-17(15,16)9-10;/h10H,2-9,12H2,1H3;1H. The fourth-order valence-corrected chi connectivity index (χ4v) is 3.86. The predicted molar refractivity (Wildman–Crippen MR) is 74.6 cm³/mol. The molecule has 1 atom stereocenters. The second-order valence-corrected chi connectivity index (χ2v) is 6.76. The molecule has 0 aromatic carbocycles. The SMILES string of the molecule is CCCCN(C(=O)CCN)C1CCS(=O)(=O)C1.Cl. The zero-order valence-corrected chi connectivity index (χ0v) is 12.4. The van der Waals surface area contributed by atoms with Gasteiger partial charge in [-0.15, -0.1) is 12.4 Å². The van der Waals surface area contributed by atoms with Crippen molar-refractivity contribution in [2.45, 2.75) is 38.6 Å². The summed E-state index contributed by atoms with van der Waals surface area (Å²) >= 11 is 0. The molecule has 108 valence electrons. The van der Waals surface area contributed by atoms with E-state index in [2.05, 4.69) is 6.92 Å². The fraction of sp³-hybridized carbons (Fsp3) is 0.909. The summed E-state index contributed by atoms with van der Waals surface area (Å²) in [5.41, 5.74) is 5.38. The minimum absolute atomic E-state index is 0. The van der Waals surface area contributed by atoms with E-state index in [4.69, 9.17) is 5.73 Å². The maximum absolute atomic E-state index is 11.9. The first-order valence-corrected chi connectivity index (χ1v) is 8.02. The molecular formula is C11H23ClN2O3S. The van der Waals surface area contributed by atoms with E-state index >= 15 is 0 Å². The molecule has 1 unspecified atom stereocenters. The van der Waals surface area contributed by atoms with Gasteiger partial charge in [-0.3, -0.25) is 4.79 Å². The van der Waals surface area contributed by atoms with Crippen LogP contribution >= 0.6 is 12.4 Å². The number of nitrogens with zero attached hydrogens (tertiary/aromatic N) is 1. The van der Waals surface area contributed by atoms with Crippen LogP contribution in [0, 0.1) is 0 Å². The highest BCUT2D eigenvalue weighted by Crippen LogP contribution is 2.19. The number of nitrogens with two attached hydrogens (primary N) is 1. The van der Waals surface area contributed by atoms with Crippen molar-refractivity contribution in [1.82, 2.24) is 4.90 Å². The third-order valence-electron chi connectivity index (χ3n) is 3.08. The molecule has 1 aliphatic heterocycles. The Morgan fingerprint density at radius 1 is 1.44 bits per heavy atom. The lowest BCUT2D eigenvalue weighted by molar-refractivity contribution is -0.132. The molecule has 1 rings (SSSR count). The lowest BCUT2D eigenvalue weighted by atomic mass is 10.2. The Morgan fingerprint density at radius 3 is 2.56 bits per heavy atom. The van der Waals surface area contributed by atoms with Crippen LogP contribution in [0.1, 0.15) is 32.6 Å². The minimum Gasteiger partial charge on any atom is -0.339 e. The quantitative estimate of drug-likeness (QED) is 0.777. The lowest BCUT2D eigenvalue weighted by Crippen LogP contribution is -2.42. The van der Waals surface area contributed by atoms with Crippen LogP contribution in [0.15, 0.2) is 0 Å². The topological polar surface area (TPSA) is 80.5 Å². The maximum atomic E-state index is 11.9. The molecule has 18 heavy (non-hydrogen) atoms. The molecule has 0 bridgehead atoms. The Kier molecular flexibility index (Phi) is 7.82. The summed E-state index contributed by atoms with van der Waals surface area (Å²) in [4.78, 5) is 13.6. The van der Waals surface area contributed by atoms with Crippen molar-refractivity contribution in [3.05, 3.63) is 0 Å². The summed E-state index contributed by atoms with van der Waals surface area (Å²) in [6, 6.07) is -0.134. The van der Waals surface area contributed by atoms with E-state index in [0.717, 1.165) is 12.8 Å². The molecule has 0 aromatic heterocycles. The van der Waals surface area contributed by atoms with Crippen LogP contribution in [0.25, 0.3) is 0 Å². The normalized spacial score (nSPS) is 21.3. The van der Waals surface area contributed by atoms with Gasteiger partial charge in [0.2, 0.25) is 5.91 Å². The van der Waals surface area contributed by atoms with E-state index in [1.54, 1.807) is 4.90 Å². The highest BCUT2D eigenvalue weighted by atomic mass is 35.5. The molecule has 0 saturated carbocycles. The summed E-state index contributed by atoms with van der Waals surface area (Å²) in [6.45, 7) is 3.02. The van der Waals surface area contributed by atoms with Crippen LogP contribution in [-0.4, -0.2) is 49.9 Å². The molecule has 0 aliphatic carbocycles. The van der Waals surface area contributed by atoms with Crippen LogP contribution in [0.3, 0.4) is 0 Å². The zero-order valence-electron chi connectivity index (χ0n) is 10.8. The van der Waals surface area contributed by atoms with Crippen molar-refractivity contribution in [3.8, 4) is 0 Å². The van der Waals surface area contributed by atoms with Crippen molar-refractivity contribution in [3.63, 3.8) is 0 Å². The van der Waals surface area contributed by atoms with Crippen LogP contribution in [0.5, 0.6) is 0 Å². The van der Waals surface area contributed by atoms with Gasteiger partial charge in [-0.25, -0.2) is 8.42 Å². The first-order chi connectivity index (χ1) is 8.00. The second-order valence-electron chi connectivity index (χ2n) is 4.54. The van der Waals surface area contributed by atoms with Gasteiger partial charge in [0.05, 0.1) is 11.5 Å². The molecule has 0 radical (unpaired) electrons. The molecule has 0 aromatic rings. The number of amides is 1. The number of unbranched alkanes of at least 4 members (excludes halogenated alkanes) is 1. The molecule has 1 fully saturated rings. The molecular weight excluding hydrogens is 276 g/mol. The molecule has 1 saturated heterocycles. The Hall–Kier alpha value is -0.330. The highest BCUT2D eigenvalue weighted by Gasteiger charge is 2.33. The van der Waals surface area contributed by atoms with Gasteiger partial charge in [-0.1, -0.05) is 13.3 Å². The molecule has 7 heteroatoms. The number of hydrogen-bond donors (Lipinski definition) is 1. The van der Waals surface area contributed by atoms with E-state index in [1.807, 2.05) is 0 Å². The summed E-state index contributed by atoms with van der Waals surface area (Å²) in [6.07, 6.45) is 2.78. The Morgan fingerprint density at radius 2 is 2.11 bits per heavy atom. The first-order valence-electron chi connectivity index (χ1n) is 6.20. The number of rotatable bonds is 6. The van der Waals surface area contributed by atoms with E-state index in [-0.39, 0.29) is 35.9 Å². The van der Waals surface area contributed by atoms with E-state index in [1.165, 1.54) is 0 Å².